The predicted molar refractivity (Wildman–Crippen MR) is 83.5 cm³/mol. The normalized spacial score (nSPS) is 10.8. The van der Waals surface area contributed by atoms with Crippen LogP contribution in [0.1, 0.15) is 16.7 Å². The van der Waals surface area contributed by atoms with E-state index in [0.29, 0.717) is 12.2 Å². The second-order valence-corrected chi connectivity index (χ2v) is 5.14. The lowest BCUT2D eigenvalue weighted by atomic mass is 10.0. The quantitative estimate of drug-likeness (QED) is 0.570. The molecule has 3 N–H and O–H groups in total. The third-order valence-corrected chi connectivity index (χ3v) is 3.49. The number of hydrazine groups is 1. The summed E-state index contributed by atoms with van der Waals surface area (Å²) in [6.07, 6.45) is 0.649. The van der Waals surface area contributed by atoms with Gasteiger partial charge in [-0.1, -0.05) is 23.8 Å². The van der Waals surface area contributed by atoms with Gasteiger partial charge in [0.1, 0.15) is 11.6 Å². The lowest BCUT2D eigenvalue weighted by Crippen LogP contribution is -2.11. The van der Waals surface area contributed by atoms with Gasteiger partial charge in [0.25, 0.3) is 0 Å². The van der Waals surface area contributed by atoms with Crippen molar-refractivity contribution in [1.29, 1.82) is 0 Å². The zero-order valence-corrected chi connectivity index (χ0v) is 11.7. The van der Waals surface area contributed by atoms with Crippen molar-refractivity contribution in [2.24, 2.45) is 5.84 Å². The molecule has 0 radical (unpaired) electrons. The summed E-state index contributed by atoms with van der Waals surface area (Å²) >= 11 is 0. The smallest absolute Gasteiger partial charge is 0.144 e. The van der Waals surface area contributed by atoms with Gasteiger partial charge in [0.2, 0.25) is 0 Å². The number of nitrogen functional groups attached to an aromatic ring is 1. The molecule has 0 spiro atoms. The lowest BCUT2D eigenvalue weighted by Gasteiger charge is -2.10. The molecule has 0 aliphatic heterocycles. The molecule has 1 heterocycles. The van der Waals surface area contributed by atoms with Crippen LogP contribution in [0.2, 0.25) is 0 Å². The fraction of sp³-hybridized carbons (Fsp3) is 0.118. The zero-order valence-electron chi connectivity index (χ0n) is 11.7. The number of hydrogen-bond donors (Lipinski definition) is 2. The van der Waals surface area contributed by atoms with Crippen LogP contribution in [0.5, 0.6) is 0 Å². The van der Waals surface area contributed by atoms with Gasteiger partial charge in [0.05, 0.1) is 5.52 Å². The first-order valence-electron chi connectivity index (χ1n) is 6.77. The van der Waals surface area contributed by atoms with Crippen LogP contribution < -0.4 is 11.3 Å². The summed E-state index contributed by atoms with van der Waals surface area (Å²) in [4.78, 5) is 4.54. The molecule has 0 bridgehead atoms. The maximum absolute atomic E-state index is 13.0. The highest BCUT2D eigenvalue weighted by Gasteiger charge is 2.07. The van der Waals surface area contributed by atoms with Gasteiger partial charge >= 0.3 is 0 Å². The Balaban J connectivity index is 2.05. The number of benzene rings is 2. The van der Waals surface area contributed by atoms with Crippen LogP contribution in [0.3, 0.4) is 0 Å². The number of pyridine rings is 1. The van der Waals surface area contributed by atoms with E-state index in [0.717, 1.165) is 22.0 Å². The number of aryl methyl sites for hydroxylation is 1. The molecule has 0 saturated carbocycles. The van der Waals surface area contributed by atoms with Gasteiger partial charge in [-0.05, 0) is 42.8 Å². The molecule has 3 rings (SSSR count). The van der Waals surface area contributed by atoms with E-state index in [9.17, 15) is 4.39 Å². The Morgan fingerprint density at radius 2 is 1.86 bits per heavy atom. The van der Waals surface area contributed by atoms with Crippen molar-refractivity contribution < 1.29 is 4.39 Å². The van der Waals surface area contributed by atoms with Gasteiger partial charge in [-0.15, -0.1) is 0 Å². The second kappa shape index (κ2) is 5.50. The van der Waals surface area contributed by atoms with E-state index in [4.69, 9.17) is 5.84 Å². The Morgan fingerprint density at radius 1 is 1.10 bits per heavy atom. The van der Waals surface area contributed by atoms with Crippen molar-refractivity contribution in [2.75, 3.05) is 5.43 Å². The first-order chi connectivity index (χ1) is 10.2. The molecule has 1 aromatic heterocycles. The summed E-state index contributed by atoms with van der Waals surface area (Å²) in [7, 11) is 0. The topological polar surface area (TPSA) is 50.9 Å². The fourth-order valence-corrected chi connectivity index (χ4v) is 2.42. The van der Waals surface area contributed by atoms with Gasteiger partial charge < -0.3 is 5.43 Å². The van der Waals surface area contributed by atoms with Crippen molar-refractivity contribution in [3.8, 4) is 0 Å². The van der Waals surface area contributed by atoms with Gasteiger partial charge in [-0.25, -0.2) is 15.2 Å². The van der Waals surface area contributed by atoms with E-state index in [2.05, 4.69) is 22.5 Å². The van der Waals surface area contributed by atoms with E-state index < -0.39 is 0 Å². The van der Waals surface area contributed by atoms with Crippen molar-refractivity contribution in [3.63, 3.8) is 0 Å². The van der Waals surface area contributed by atoms with Crippen LogP contribution in [0.25, 0.3) is 10.9 Å². The fourth-order valence-electron chi connectivity index (χ4n) is 2.42. The number of nitrogens with two attached hydrogens (primary N) is 1. The molecular formula is C17H16FN3. The molecule has 0 saturated heterocycles. The third kappa shape index (κ3) is 2.85. The van der Waals surface area contributed by atoms with E-state index in [-0.39, 0.29) is 5.82 Å². The minimum absolute atomic E-state index is 0.233. The first-order valence-corrected chi connectivity index (χ1v) is 6.77. The molecule has 3 aromatic rings. The van der Waals surface area contributed by atoms with Crippen molar-refractivity contribution in [2.45, 2.75) is 13.3 Å². The number of anilines is 1. The molecule has 0 atom stereocenters. The first kappa shape index (κ1) is 13.5. The Labute approximate surface area is 122 Å². The summed E-state index contributed by atoms with van der Waals surface area (Å²) in [5, 5.41) is 1.08. The van der Waals surface area contributed by atoms with Gasteiger partial charge in [-0.3, -0.25) is 0 Å². The van der Waals surface area contributed by atoms with E-state index in [1.165, 1.54) is 17.7 Å². The molecule has 21 heavy (non-hydrogen) atoms. The summed E-state index contributed by atoms with van der Waals surface area (Å²) in [5.74, 6) is 5.99. The van der Waals surface area contributed by atoms with Crippen LogP contribution in [0.4, 0.5) is 10.2 Å². The highest BCUT2D eigenvalue weighted by atomic mass is 19.1. The number of nitrogens with one attached hydrogen (secondary N) is 1. The van der Waals surface area contributed by atoms with Crippen molar-refractivity contribution in [3.05, 3.63) is 71.0 Å². The second-order valence-electron chi connectivity index (χ2n) is 5.14. The number of hydrogen-bond acceptors (Lipinski definition) is 3. The largest absolute Gasteiger partial charge is 0.308 e. The van der Waals surface area contributed by atoms with Crippen LogP contribution in [-0.4, -0.2) is 4.98 Å². The standard InChI is InChI=1S/C17H16FN3/c1-11-2-7-16-13(8-11)10-14(17(20-16)21-19)9-12-3-5-15(18)6-4-12/h2-8,10H,9,19H2,1H3,(H,20,21). The van der Waals surface area contributed by atoms with E-state index >= 15 is 0 Å². The Bertz CT molecular complexity index is 782. The molecule has 0 aliphatic carbocycles. The Morgan fingerprint density at radius 3 is 2.57 bits per heavy atom. The number of fused-ring (bicyclic) bond motifs is 1. The molecular weight excluding hydrogens is 265 g/mol. The SMILES string of the molecule is Cc1ccc2nc(NN)c(Cc3ccc(F)cc3)cc2c1. The summed E-state index contributed by atoms with van der Waals surface area (Å²) in [6, 6.07) is 14.6. The van der Waals surface area contributed by atoms with Crippen molar-refractivity contribution in [1.82, 2.24) is 4.98 Å². The number of aromatic nitrogens is 1. The minimum Gasteiger partial charge on any atom is -0.308 e. The van der Waals surface area contributed by atoms with Gasteiger partial charge in [0, 0.05) is 17.4 Å². The minimum atomic E-state index is -0.233. The lowest BCUT2D eigenvalue weighted by molar-refractivity contribution is 0.627. The van der Waals surface area contributed by atoms with E-state index in [1.54, 1.807) is 12.1 Å². The highest BCUT2D eigenvalue weighted by Crippen LogP contribution is 2.23. The average molecular weight is 281 g/mol. The average Bonchev–Trinajstić information content (AvgIpc) is 2.49. The highest BCUT2D eigenvalue weighted by molar-refractivity contribution is 5.82. The van der Waals surface area contributed by atoms with E-state index in [1.807, 2.05) is 19.1 Å². The molecule has 3 nitrogen and oxygen atoms in total. The Hall–Kier alpha value is -2.46. The molecule has 106 valence electrons. The molecule has 0 unspecified atom stereocenters. The van der Waals surface area contributed by atoms with Crippen LogP contribution in [0.15, 0.2) is 48.5 Å². The summed E-state index contributed by atoms with van der Waals surface area (Å²) in [5.41, 5.74) is 6.74. The molecule has 0 amide bonds. The summed E-state index contributed by atoms with van der Waals surface area (Å²) < 4.78 is 13.0. The predicted octanol–water partition coefficient (Wildman–Crippen LogP) is 3.56. The van der Waals surface area contributed by atoms with Crippen LogP contribution in [0, 0.1) is 12.7 Å². The molecule has 2 aromatic carbocycles. The Kier molecular flexibility index (Phi) is 3.54. The number of rotatable bonds is 3. The van der Waals surface area contributed by atoms with Crippen LogP contribution >= 0.6 is 0 Å². The monoisotopic (exact) mass is 281 g/mol. The van der Waals surface area contributed by atoms with Gasteiger partial charge in [0.15, 0.2) is 0 Å². The maximum atomic E-state index is 13.0. The number of halogens is 1. The summed E-state index contributed by atoms with van der Waals surface area (Å²) in [6.45, 7) is 2.05. The van der Waals surface area contributed by atoms with Crippen LogP contribution in [-0.2, 0) is 6.42 Å². The number of nitrogens with zero attached hydrogens (tertiary/aromatic N) is 1. The maximum Gasteiger partial charge on any atom is 0.144 e. The third-order valence-electron chi connectivity index (χ3n) is 3.49. The van der Waals surface area contributed by atoms with Gasteiger partial charge in [-0.2, -0.15) is 0 Å². The molecule has 0 fully saturated rings. The van der Waals surface area contributed by atoms with Crippen molar-refractivity contribution >= 4 is 16.7 Å². The molecule has 0 aliphatic rings. The zero-order chi connectivity index (χ0) is 14.8. The molecule has 4 heteroatoms.